The molecule has 4 heterocycles. The van der Waals surface area contributed by atoms with E-state index in [1.165, 1.54) is 0 Å². The molecular formula is C20H28O9. The molecule has 0 aromatic heterocycles. The van der Waals surface area contributed by atoms with Crippen molar-refractivity contribution < 1.29 is 43.9 Å². The molecule has 9 nitrogen and oxygen atoms in total. The molecule has 4 saturated heterocycles. The Morgan fingerprint density at radius 3 is 2.34 bits per heavy atom. The van der Waals surface area contributed by atoms with Gasteiger partial charge in [0.1, 0.15) is 6.10 Å². The topological polar surface area (TPSA) is 132 Å². The van der Waals surface area contributed by atoms with Crippen molar-refractivity contribution in [3.8, 4) is 0 Å². The average molecular weight is 412 g/mol. The standard InChI is InChI=1S/C20H28O9/c1-7-6-26-8(9(7)21)5-19-13-10(22)11(18(2,3)4)20(19)12(23)15(24)29-17(20)28-14(19)16(25)27-13/h7-14,17,21-23H,5-6H2,1-4H3/t7-,8?,9-,10-,11+,12+,13?,14?,17?,19?,20?/m1/s1. The molecule has 0 aromatic rings. The van der Waals surface area contributed by atoms with Crippen LogP contribution in [-0.4, -0.2) is 76.8 Å². The van der Waals surface area contributed by atoms with Gasteiger partial charge in [-0.2, -0.15) is 0 Å². The number of esters is 2. The zero-order valence-corrected chi connectivity index (χ0v) is 16.9. The Hall–Kier alpha value is -1.26. The minimum atomic E-state index is -1.59. The number of rotatable bonds is 2. The molecule has 1 aliphatic carbocycles. The smallest absolute Gasteiger partial charge is 0.338 e. The van der Waals surface area contributed by atoms with Crippen molar-refractivity contribution >= 4 is 11.9 Å². The minimum absolute atomic E-state index is 0.101. The van der Waals surface area contributed by atoms with Crippen molar-refractivity contribution in [2.24, 2.45) is 28.1 Å². The number of aliphatic hydroxyl groups is 3. The zero-order valence-electron chi connectivity index (χ0n) is 16.9. The van der Waals surface area contributed by atoms with E-state index >= 15 is 0 Å². The van der Waals surface area contributed by atoms with Crippen LogP contribution in [0.2, 0.25) is 0 Å². The number of ether oxygens (including phenoxy) is 4. The Morgan fingerprint density at radius 2 is 1.76 bits per heavy atom. The van der Waals surface area contributed by atoms with Crippen molar-refractivity contribution in [1.82, 2.24) is 0 Å². The van der Waals surface area contributed by atoms with Gasteiger partial charge >= 0.3 is 11.9 Å². The second-order valence-electron chi connectivity index (χ2n) is 10.4. The maximum atomic E-state index is 12.7. The summed E-state index contributed by atoms with van der Waals surface area (Å²) < 4.78 is 22.7. The number of carbonyl (C=O) groups excluding carboxylic acids is 2. The van der Waals surface area contributed by atoms with Crippen LogP contribution in [0.5, 0.6) is 0 Å². The molecule has 3 N–H and O–H groups in total. The van der Waals surface area contributed by atoms with Gasteiger partial charge in [0.05, 0.1) is 35.7 Å². The molecule has 5 fully saturated rings. The lowest BCUT2D eigenvalue weighted by atomic mass is 9.53. The molecule has 0 bridgehead atoms. The summed E-state index contributed by atoms with van der Waals surface area (Å²) in [6.07, 6.45) is -7.33. The van der Waals surface area contributed by atoms with Gasteiger partial charge in [-0.15, -0.1) is 0 Å². The number of hydrogen-bond acceptors (Lipinski definition) is 9. The monoisotopic (exact) mass is 412 g/mol. The number of hydrogen-bond donors (Lipinski definition) is 3. The van der Waals surface area contributed by atoms with E-state index in [9.17, 15) is 24.9 Å². The van der Waals surface area contributed by atoms with Crippen LogP contribution in [0.3, 0.4) is 0 Å². The van der Waals surface area contributed by atoms with Gasteiger partial charge in [-0.25, -0.2) is 9.59 Å². The first-order valence-corrected chi connectivity index (χ1v) is 10.2. The molecule has 29 heavy (non-hydrogen) atoms. The first-order chi connectivity index (χ1) is 13.5. The molecule has 0 amide bonds. The number of carbonyl (C=O) groups is 2. The van der Waals surface area contributed by atoms with Gasteiger partial charge in [-0.3, -0.25) is 0 Å². The van der Waals surface area contributed by atoms with Crippen LogP contribution in [0, 0.1) is 28.1 Å². The third-order valence-electron chi connectivity index (χ3n) is 7.96. The second kappa shape index (κ2) is 5.70. The van der Waals surface area contributed by atoms with E-state index < -0.39 is 77.0 Å². The molecule has 162 valence electrons. The number of aliphatic hydroxyl groups excluding tert-OH is 3. The predicted octanol–water partition coefficient (Wildman–Crippen LogP) is -0.650. The molecule has 1 saturated carbocycles. The van der Waals surface area contributed by atoms with Gasteiger partial charge in [-0.05, 0) is 11.8 Å². The van der Waals surface area contributed by atoms with E-state index in [0.717, 1.165) is 0 Å². The normalized spacial score (nSPS) is 55.8. The van der Waals surface area contributed by atoms with Crippen LogP contribution in [0.25, 0.3) is 0 Å². The van der Waals surface area contributed by atoms with Gasteiger partial charge in [0.2, 0.25) is 6.29 Å². The van der Waals surface area contributed by atoms with Crippen LogP contribution in [0.4, 0.5) is 0 Å². The van der Waals surface area contributed by atoms with E-state index in [1.807, 2.05) is 27.7 Å². The van der Waals surface area contributed by atoms with Crippen LogP contribution in [-0.2, 0) is 28.5 Å². The highest BCUT2D eigenvalue weighted by Gasteiger charge is 2.90. The molecule has 0 radical (unpaired) electrons. The summed E-state index contributed by atoms with van der Waals surface area (Å²) in [5, 5.41) is 33.1. The molecule has 9 heteroatoms. The summed E-state index contributed by atoms with van der Waals surface area (Å²) >= 11 is 0. The molecule has 1 spiro atoms. The quantitative estimate of drug-likeness (QED) is 0.506. The van der Waals surface area contributed by atoms with E-state index in [0.29, 0.717) is 6.61 Å². The Labute approximate surface area is 168 Å². The zero-order chi connectivity index (χ0) is 21.1. The lowest BCUT2D eigenvalue weighted by Crippen LogP contribution is -2.57. The fourth-order valence-electron chi connectivity index (χ4n) is 7.05. The average Bonchev–Trinajstić information content (AvgIpc) is 3.30. The summed E-state index contributed by atoms with van der Waals surface area (Å²) in [5.74, 6) is -2.24. The molecular weight excluding hydrogens is 384 g/mol. The Morgan fingerprint density at radius 1 is 1.07 bits per heavy atom. The summed E-state index contributed by atoms with van der Waals surface area (Å²) in [6.45, 7) is 7.91. The van der Waals surface area contributed by atoms with E-state index in [2.05, 4.69) is 0 Å². The van der Waals surface area contributed by atoms with Gasteiger partial charge in [0.15, 0.2) is 12.2 Å². The van der Waals surface area contributed by atoms with E-state index in [4.69, 9.17) is 18.9 Å². The van der Waals surface area contributed by atoms with E-state index in [1.54, 1.807) is 0 Å². The summed E-state index contributed by atoms with van der Waals surface area (Å²) in [5.41, 5.74) is -3.22. The molecule has 5 aliphatic rings. The highest BCUT2D eigenvalue weighted by molar-refractivity contribution is 5.84. The maximum Gasteiger partial charge on any atom is 0.338 e. The summed E-state index contributed by atoms with van der Waals surface area (Å²) in [7, 11) is 0. The Balaban J connectivity index is 1.72. The van der Waals surface area contributed by atoms with Gasteiger partial charge in [-0.1, -0.05) is 27.7 Å². The lowest BCUT2D eigenvalue weighted by Gasteiger charge is -2.46. The SMILES string of the molecule is C[C@@H]1COC(CC23C4OC5OC(=O)[C@H](O)C52[C@H](C(C)(C)C)[C@@H](O)C3OC4=O)[C@@H]1O. The van der Waals surface area contributed by atoms with E-state index in [-0.39, 0.29) is 12.3 Å². The molecule has 6 unspecified atom stereocenters. The van der Waals surface area contributed by atoms with Crippen molar-refractivity contribution in [3.63, 3.8) is 0 Å². The van der Waals surface area contributed by atoms with Crippen molar-refractivity contribution in [2.45, 2.75) is 77.0 Å². The van der Waals surface area contributed by atoms with Crippen molar-refractivity contribution in [1.29, 1.82) is 0 Å². The maximum absolute atomic E-state index is 12.7. The Kier molecular flexibility index (Phi) is 3.87. The lowest BCUT2D eigenvalue weighted by molar-refractivity contribution is -0.180. The highest BCUT2D eigenvalue weighted by Crippen LogP contribution is 2.76. The third-order valence-corrected chi connectivity index (χ3v) is 7.96. The first-order valence-electron chi connectivity index (χ1n) is 10.2. The minimum Gasteiger partial charge on any atom is -0.457 e. The molecule has 11 atom stereocenters. The van der Waals surface area contributed by atoms with Crippen LogP contribution in [0.1, 0.15) is 34.1 Å². The van der Waals surface area contributed by atoms with Crippen molar-refractivity contribution in [3.05, 3.63) is 0 Å². The molecule has 5 rings (SSSR count). The second-order valence-corrected chi connectivity index (χ2v) is 10.4. The van der Waals surface area contributed by atoms with Gasteiger partial charge in [0.25, 0.3) is 0 Å². The summed E-state index contributed by atoms with van der Waals surface area (Å²) in [6, 6.07) is 0. The fourth-order valence-corrected chi connectivity index (χ4v) is 7.05. The first kappa shape index (κ1) is 19.7. The van der Waals surface area contributed by atoms with Crippen molar-refractivity contribution in [2.75, 3.05) is 6.61 Å². The van der Waals surface area contributed by atoms with Gasteiger partial charge in [0, 0.05) is 11.8 Å². The summed E-state index contributed by atoms with van der Waals surface area (Å²) in [4.78, 5) is 25.2. The highest BCUT2D eigenvalue weighted by atomic mass is 16.7. The van der Waals surface area contributed by atoms with Crippen LogP contribution in [0.15, 0.2) is 0 Å². The Bertz CT molecular complexity index is 762. The molecule has 0 aromatic carbocycles. The third kappa shape index (κ3) is 2.03. The molecule has 4 aliphatic heterocycles. The van der Waals surface area contributed by atoms with Gasteiger partial charge < -0.3 is 34.3 Å². The van der Waals surface area contributed by atoms with Crippen LogP contribution < -0.4 is 0 Å². The largest absolute Gasteiger partial charge is 0.457 e. The fraction of sp³-hybridized carbons (Fsp3) is 0.900. The predicted molar refractivity (Wildman–Crippen MR) is 94.0 cm³/mol. The van der Waals surface area contributed by atoms with Crippen LogP contribution >= 0.6 is 0 Å².